The number of nitrogens with one attached hydrogen (secondary N) is 1. The third kappa shape index (κ3) is 5.01. The summed E-state index contributed by atoms with van der Waals surface area (Å²) in [6, 6.07) is 13.2. The zero-order chi connectivity index (χ0) is 21.8. The molecule has 1 saturated heterocycles. The van der Waals surface area contributed by atoms with E-state index in [2.05, 4.69) is 10.2 Å². The third-order valence-electron chi connectivity index (χ3n) is 6.17. The molecule has 0 radical (unpaired) electrons. The van der Waals surface area contributed by atoms with Crippen molar-refractivity contribution in [2.24, 2.45) is 0 Å². The van der Waals surface area contributed by atoms with Crippen molar-refractivity contribution >= 4 is 27.1 Å². The molecule has 0 bridgehead atoms. The first kappa shape index (κ1) is 21.6. The molecule has 1 N–H and O–H groups in total. The predicted octanol–water partition coefficient (Wildman–Crippen LogP) is 3.30. The highest BCUT2D eigenvalue weighted by Crippen LogP contribution is 2.30. The van der Waals surface area contributed by atoms with Crippen molar-refractivity contribution in [2.75, 3.05) is 42.9 Å². The molecule has 6 nitrogen and oxygen atoms in total. The summed E-state index contributed by atoms with van der Waals surface area (Å²) < 4.78 is 38.7. The van der Waals surface area contributed by atoms with Crippen LogP contribution in [-0.2, 0) is 14.6 Å². The predicted molar refractivity (Wildman–Crippen MR) is 120 cm³/mol. The normalized spacial score (nSPS) is 17.7. The zero-order valence-corrected chi connectivity index (χ0v) is 18.3. The summed E-state index contributed by atoms with van der Waals surface area (Å²) in [6.45, 7) is 2.67. The van der Waals surface area contributed by atoms with Gasteiger partial charge in [0.2, 0.25) is 5.91 Å². The summed E-state index contributed by atoms with van der Waals surface area (Å²) in [5.41, 5.74) is 1.59. The maximum absolute atomic E-state index is 13.1. The van der Waals surface area contributed by atoms with Crippen LogP contribution in [0.25, 0.3) is 0 Å². The highest BCUT2D eigenvalue weighted by atomic mass is 32.2. The number of carbonyl (C=O) groups excluding carboxylic acids is 1. The van der Waals surface area contributed by atoms with E-state index in [9.17, 15) is 17.6 Å². The van der Waals surface area contributed by atoms with Crippen LogP contribution in [0.5, 0.6) is 0 Å². The Bertz CT molecular complexity index is 1010. The Balaban J connectivity index is 1.31. The molecule has 0 spiro atoms. The van der Waals surface area contributed by atoms with Crippen LogP contribution >= 0.6 is 0 Å². The number of rotatable bonds is 6. The van der Waals surface area contributed by atoms with Crippen LogP contribution in [0, 0.1) is 5.82 Å². The fourth-order valence-electron chi connectivity index (χ4n) is 4.33. The van der Waals surface area contributed by atoms with E-state index >= 15 is 0 Å². The summed E-state index contributed by atoms with van der Waals surface area (Å²) in [5.74, 6) is -0.286. The second kappa shape index (κ2) is 9.26. The maximum atomic E-state index is 13.1. The SMILES string of the molecule is O=C(CNc1cccc(S(=O)(=O)C2CCCC2)c1)N1CCN(c2ccc(F)cc2)CC1. The number of carbonyl (C=O) groups is 1. The molecule has 4 rings (SSSR count). The lowest BCUT2D eigenvalue weighted by Gasteiger charge is -2.36. The minimum Gasteiger partial charge on any atom is -0.376 e. The Morgan fingerprint density at radius 2 is 1.68 bits per heavy atom. The van der Waals surface area contributed by atoms with E-state index in [-0.39, 0.29) is 23.5 Å². The summed E-state index contributed by atoms with van der Waals surface area (Å²) in [4.78, 5) is 16.9. The summed E-state index contributed by atoms with van der Waals surface area (Å²) >= 11 is 0. The van der Waals surface area contributed by atoms with Crippen molar-refractivity contribution in [3.63, 3.8) is 0 Å². The molecule has 1 amide bonds. The zero-order valence-electron chi connectivity index (χ0n) is 17.5. The fraction of sp³-hybridized carbons (Fsp3) is 0.435. The molecule has 1 aliphatic heterocycles. The fourth-order valence-corrected chi connectivity index (χ4v) is 6.23. The molecule has 2 aromatic rings. The number of hydrogen-bond donors (Lipinski definition) is 1. The van der Waals surface area contributed by atoms with E-state index in [0.717, 1.165) is 31.4 Å². The Kier molecular flexibility index (Phi) is 6.46. The van der Waals surface area contributed by atoms with Crippen LogP contribution in [0.1, 0.15) is 25.7 Å². The molecule has 2 aromatic carbocycles. The van der Waals surface area contributed by atoms with Crippen molar-refractivity contribution < 1.29 is 17.6 Å². The van der Waals surface area contributed by atoms with Crippen LogP contribution in [0.15, 0.2) is 53.4 Å². The number of piperazine rings is 1. The molecule has 166 valence electrons. The van der Waals surface area contributed by atoms with Crippen molar-refractivity contribution in [1.29, 1.82) is 0 Å². The lowest BCUT2D eigenvalue weighted by atomic mass is 10.2. The van der Waals surface area contributed by atoms with E-state index in [1.165, 1.54) is 12.1 Å². The first-order chi connectivity index (χ1) is 14.9. The summed E-state index contributed by atoms with van der Waals surface area (Å²) in [7, 11) is -3.32. The number of halogens is 1. The smallest absolute Gasteiger partial charge is 0.241 e. The van der Waals surface area contributed by atoms with Gasteiger partial charge in [-0.3, -0.25) is 4.79 Å². The summed E-state index contributed by atoms with van der Waals surface area (Å²) in [6.07, 6.45) is 3.38. The van der Waals surface area contributed by atoms with E-state index in [4.69, 9.17) is 0 Å². The van der Waals surface area contributed by atoms with E-state index < -0.39 is 9.84 Å². The first-order valence-corrected chi connectivity index (χ1v) is 12.3. The molecule has 1 heterocycles. The minimum atomic E-state index is -3.32. The molecule has 0 unspecified atom stereocenters. The largest absolute Gasteiger partial charge is 0.376 e. The van der Waals surface area contributed by atoms with Crippen LogP contribution in [0.2, 0.25) is 0 Å². The molecule has 31 heavy (non-hydrogen) atoms. The van der Waals surface area contributed by atoms with Gasteiger partial charge >= 0.3 is 0 Å². The topological polar surface area (TPSA) is 69.7 Å². The molecular formula is C23H28FN3O3S. The van der Waals surface area contributed by atoms with Gasteiger partial charge in [0.25, 0.3) is 0 Å². The first-order valence-electron chi connectivity index (χ1n) is 10.8. The van der Waals surface area contributed by atoms with Crippen molar-refractivity contribution in [3.05, 3.63) is 54.3 Å². The highest BCUT2D eigenvalue weighted by Gasteiger charge is 2.30. The lowest BCUT2D eigenvalue weighted by molar-refractivity contribution is -0.129. The number of anilines is 2. The van der Waals surface area contributed by atoms with E-state index in [1.54, 1.807) is 41.3 Å². The van der Waals surface area contributed by atoms with Crippen molar-refractivity contribution in [2.45, 2.75) is 35.8 Å². The third-order valence-corrected chi connectivity index (χ3v) is 8.43. The van der Waals surface area contributed by atoms with Crippen molar-refractivity contribution in [3.8, 4) is 0 Å². The average Bonchev–Trinajstić information content (AvgIpc) is 3.34. The number of hydrogen-bond acceptors (Lipinski definition) is 5. The van der Waals surface area contributed by atoms with Gasteiger partial charge in [-0.2, -0.15) is 0 Å². The van der Waals surface area contributed by atoms with Gasteiger partial charge in [0.1, 0.15) is 5.82 Å². The van der Waals surface area contributed by atoms with Crippen molar-refractivity contribution in [1.82, 2.24) is 4.90 Å². The number of amides is 1. The van der Waals surface area contributed by atoms with E-state index in [0.29, 0.717) is 36.8 Å². The van der Waals surface area contributed by atoms with Crippen LogP contribution < -0.4 is 10.2 Å². The average molecular weight is 446 g/mol. The molecule has 2 fully saturated rings. The monoisotopic (exact) mass is 445 g/mol. The van der Waals surface area contributed by atoms with Gasteiger partial charge in [0.15, 0.2) is 9.84 Å². The molecule has 0 atom stereocenters. The molecule has 0 aromatic heterocycles. The second-order valence-corrected chi connectivity index (χ2v) is 10.4. The number of sulfone groups is 1. The van der Waals surface area contributed by atoms with Gasteiger partial charge < -0.3 is 15.1 Å². The summed E-state index contributed by atoms with van der Waals surface area (Å²) in [5, 5.41) is 2.79. The Labute approximate surface area is 183 Å². The van der Waals surface area contributed by atoms with E-state index in [1.807, 2.05) is 0 Å². The Hall–Kier alpha value is -2.61. The Morgan fingerprint density at radius 1 is 1.00 bits per heavy atom. The molecule has 2 aliphatic rings. The Morgan fingerprint density at radius 3 is 2.35 bits per heavy atom. The highest BCUT2D eigenvalue weighted by molar-refractivity contribution is 7.92. The van der Waals surface area contributed by atoms with Crippen LogP contribution in [0.4, 0.5) is 15.8 Å². The maximum Gasteiger partial charge on any atom is 0.241 e. The number of nitrogens with zero attached hydrogens (tertiary/aromatic N) is 2. The quantitative estimate of drug-likeness (QED) is 0.739. The molecule has 1 saturated carbocycles. The van der Waals surface area contributed by atoms with Gasteiger partial charge in [-0.05, 0) is 55.3 Å². The minimum absolute atomic E-state index is 0.0252. The molecule has 1 aliphatic carbocycles. The van der Waals surface area contributed by atoms with Gasteiger partial charge in [-0.15, -0.1) is 0 Å². The standard InChI is InChI=1S/C23H28FN3O3S/c24-18-8-10-20(11-9-18)26-12-14-27(15-13-26)23(28)17-25-19-4-3-7-22(16-19)31(29,30)21-5-1-2-6-21/h3-4,7-11,16,21,25H,1-2,5-6,12-15,17H2. The van der Waals surface area contributed by atoms with Crippen LogP contribution in [0.3, 0.4) is 0 Å². The number of benzene rings is 2. The van der Waals surface area contributed by atoms with Gasteiger partial charge in [-0.25, -0.2) is 12.8 Å². The van der Waals surface area contributed by atoms with Crippen LogP contribution in [-0.4, -0.2) is 57.2 Å². The molecule has 8 heteroatoms. The van der Waals surface area contributed by atoms with Gasteiger partial charge in [0.05, 0.1) is 16.7 Å². The lowest BCUT2D eigenvalue weighted by Crippen LogP contribution is -2.50. The molecular weight excluding hydrogens is 417 g/mol. The van der Waals surface area contributed by atoms with Gasteiger partial charge in [0, 0.05) is 37.6 Å². The van der Waals surface area contributed by atoms with Gasteiger partial charge in [-0.1, -0.05) is 18.9 Å². The second-order valence-electron chi connectivity index (χ2n) is 8.18.